The molecule has 0 spiro atoms. The highest BCUT2D eigenvalue weighted by Gasteiger charge is 2.07. The van der Waals surface area contributed by atoms with Crippen LogP contribution in [0.1, 0.15) is 12.5 Å². The summed E-state index contributed by atoms with van der Waals surface area (Å²) in [6.07, 6.45) is 5.25. The average Bonchev–Trinajstić information content (AvgIpc) is 2.56. The Morgan fingerprint density at radius 1 is 1.21 bits per heavy atom. The number of fused-ring (bicyclic) bond motifs is 1. The molecule has 0 radical (unpaired) electrons. The first-order valence-electron chi connectivity index (χ1n) is 7.57. The fourth-order valence-electron chi connectivity index (χ4n) is 2.46. The minimum Gasteiger partial charge on any atom is -0.340 e. The van der Waals surface area contributed by atoms with E-state index in [9.17, 15) is 4.79 Å². The molecule has 0 atom stereocenters. The zero-order valence-corrected chi connectivity index (χ0v) is 14.7. The van der Waals surface area contributed by atoms with Crippen molar-refractivity contribution in [2.45, 2.75) is 13.3 Å². The first-order valence-corrected chi connectivity index (χ1v) is 8.37. The molecule has 0 amide bonds. The molecule has 0 aliphatic carbocycles. The molecule has 24 heavy (non-hydrogen) atoms. The van der Waals surface area contributed by atoms with Gasteiger partial charge in [-0.2, -0.15) is 0 Å². The van der Waals surface area contributed by atoms with E-state index in [0.29, 0.717) is 6.42 Å². The second-order valence-corrected chi connectivity index (χ2v) is 6.27. The number of ketones is 1. The lowest BCUT2D eigenvalue weighted by atomic mass is 10.1. The summed E-state index contributed by atoms with van der Waals surface area (Å²) in [4.78, 5) is 20.5. The van der Waals surface area contributed by atoms with Crippen molar-refractivity contribution < 1.29 is 4.79 Å². The normalized spacial score (nSPS) is 11.1. The quantitative estimate of drug-likeness (QED) is 0.643. The van der Waals surface area contributed by atoms with Gasteiger partial charge in [-0.3, -0.25) is 4.79 Å². The van der Waals surface area contributed by atoms with E-state index in [1.165, 1.54) is 6.33 Å². The van der Waals surface area contributed by atoms with E-state index in [-0.39, 0.29) is 5.78 Å². The molecule has 3 rings (SSSR count). The molecule has 0 aliphatic rings. The van der Waals surface area contributed by atoms with E-state index in [0.717, 1.165) is 32.4 Å². The number of allylic oxidation sites excluding steroid dienone is 2. The van der Waals surface area contributed by atoms with Gasteiger partial charge in [0.05, 0.1) is 5.52 Å². The second-order valence-electron chi connectivity index (χ2n) is 5.35. The summed E-state index contributed by atoms with van der Waals surface area (Å²) >= 11 is 3.46. The lowest BCUT2D eigenvalue weighted by Gasteiger charge is -2.09. The van der Waals surface area contributed by atoms with Crippen molar-refractivity contribution in [1.29, 1.82) is 0 Å². The van der Waals surface area contributed by atoms with Crippen molar-refractivity contribution in [3.05, 3.63) is 71.0 Å². The molecular weight excluding hydrogens is 366 g/mol. The number of anilines is 2. The topological polar surface area (TPSA) is 54.9 Å². The van der Waals surface area contributed by atoms with Gasteiger partial charge in [0, 0.05) is 22.0 Å². The summed E-state index contributed by atoms with van der Waals surface area (Å²) in [5.74, 6) is 0.800. The molecule has 2 aromatic carbocycles. The van der Waals surface area contributed by atoms with E-state index < -0.39 is 0 Å². The number of hydrogen-bond donors (Lipinski definition) is 1. The minimum absolute atomic E-state index is 0.0789. The van der Waals surface area contributed by atoms with Crippen LogP contribution in [0.4, 0.5) is 11.5 Å². The number of aromatic nitrogens is 2. The van der Waals surface area contributed by atoms with Crippen LogP contribution in [-0.4, -0.2) is 15.8 Å². The molecule has 0 aliphatic heterocycles. The van der Waals surface area contributed by atoms with Crippen molar-refractivity contribution in [2.24, 2.45) is 0 Å². The number of halogens is 1. The molecule has 5 heteroatoms. The lowest BCUT2D eigenvalue weighted by molar-refractivity contribution is -0.114. The van der Waals surface area contributed by atoms with Gasteiger partial charge in [-0.1, -0.05) is 34.1 Å². The highest BCUT2D eigenvalue weighted by Crippen LogP contribution is 2.25. The van der Waals surface area contributed by atoms with Crippen molar-refractivity contribution >= 4 is 44.1 Å². The Bertz CT molecular complexity index is 921. The van der Waals surface area contributed by atoms with Crippen LogP contribution in [0.15, 0.2) is 65.4 Å². The lowest BCUT2D eigenvalue weighted by Crippen LogP contribution is -2.00. The number of carbonyl (C=O) groups is 1. The highest BCUT2D eigenvalue weighted by atomic mass is 79.9. The molecule has 120 valence electrons. The predicted octanol–water partition coefficient (Wildman–Crippen LogP) is 4.82. The predicted molar refractivity (Wildman–Crippen MR) is 100 cm³/mol. The van der Waals surface area contributed by atoms with Crippen LogP contribution >= 0.6 is 15.9 Å². The Labute approximate surface area is 148 Å². The van der Waals surface area contributed by atoms with Gasteiger partial charge >= 0.3 is 0 Å². The summed E-state index contributed by atoms with van der Waals surface area (Å²) in [5, 5.41) is 4.21. The number of benzene rings is 2. The smallest absolute Gasteiger partial charge is 0.159 e. The third kappa shape index (κ3) is 3.86. The van der Waals surface area contributed by atoms with Crippen LogP contribution in [0.3, 0.4) is 0 Å². The maximum absolute atomic E-state index is 11.8. The Morgan fingerprint density at radius 3 is 2.88 bits per heavy atom. The Hall–Kier alpha value is -2.53. The Morgan fingerprint density at radius 2 is 2.08 bits per heavy atom. The number of carbonyl (C=O) groups excluding carboxylic acids is 1. The van der Waals surface area contributed by atoms with Crippen molar-refractivity contribution in [3.8, 4) is 0 Å². The van der Waals surface area contributed by atoms with Gasteiger partial charge in [0.2, 0.25) is 0 Å². The van der Waals surface area contributed by atoms with Crippen molar-refractivity contribution in [1.82, 2.24) is 9.97 Å². The first-order chi connectivity index (χ1) is 11.7. The summed E-state index contributed by atoms with van der Waals surface area (Å²) < 4.78 is 0.989. The highest BCUT2D eigenvalue weighted by molar-refractivity contribution is 9.10. The monoisotopic (exact) mass is 381 g/mol. The molecule has 0 bridgehead atoms. The van der Waals surface area contributed by atoms with Crippen LogP contribution < -0.4 is 5.32 Å². The van der Waals surface area contributed by atoms with Gasteiger partial charge in [-0.25, -0.2) is 9.97 Å². The fraction of sp³-hybridized carbons (Fsp3) is 0.105. The number of nitrogens with one attached hydrogen (secondary N) is 1. The molecule has 4 nitrogen and oxygen atoms in total. The number of rotatable bonds is 5. The van der Waals surface area contributed by atoms with E-state index >= 15 is 0 Å². The molecular formula is C19H16BrN3O. The van der Waals surface area contributed by atoms with Gasteiger partial charge in [0.25, 0.3) is 0 Å². The maximum atomic E-state index is 11.8. The standard InChI is InChI=1S/C19H16BrN3O/c1-2-4-16(24)9-13-7-8-18-17(10-13)19(22-12-21-18)23-15-6-3-5-14(20)11-15/h2-8,10-12H,9H2,1H3,(H,21,22,23)/b4-2+. The van der Waals surface area contributed by atoms with Gasteiger partial charge < -0.3 is 5.32 Å². The van der Waals surface area contributed by atoms with Crippen molar-refractivity contribution in [2.75, 3.05) is 5.32 Å². The second kappa shape index (κ2) is 7.36. The van der Waals surface area contributed by atoms with Crippen LogP contribution in [0.2, 0.25) is 0 Å². The van der Waals surface area contributed by atoms with E-state index in [2.05, 4.69) is 31.2 Å². The third-order valence-corrected chi connectivity index (χ3v) is 4.01. The Balaban J connectivity index is 1.96. The van der Waals surface area contributed by atoms with E-state index in [1.54, 1.807) is 12.2 Å². The van der Waals surface area contributed by atoms with Gasteiger partial charge in [-0.05, 0) is 48.9 Å². The van der Waals surface area contributed by atoms with Crippen LogP contribution in [0.25, 0.3) is 10.9 Å². The molecule has 1 heterocycles. The SMILES string of the molecule is C/C=C/C(=O)Cc1ccc2ncnc(Nc3cccc(Br)c3)c2c1. The zero-order chi connectivity index (χ0) is 16.9. The average molecular weight is 382 g/mol. The summed E-state index contributed by atoms with van der Waals surface area (Å²) in [6.45, 7) is 1.84. The molecule has 1 aromatic heterocycles. The first kappa shape index (κ1) is 16.3. The van der Waals surface area contributed by atoms with Gasteiger partial charge in [0.1, 0.15) is 12.1 Å². The minimum atomic E-state index is 0.0789. The molecule has 3 aromatic rings. The zero-order valence-electron chi connectivity index (χ0n) is 13.2. The van der Waals surface area contributed by atoms with Gasteiger partial charge in [-0.15, -0.1) is 0 Å². The third-order valence-electron chi connectivity index (χ3n) is 3.52. The summed E-state index contributed by atoms with van der Waals surface area (Å²) in [5.41, 5.74) is 2.71. The largest absolute Gasteiger partial charge is 0.340 e. The Kier molecular flexibility index (Phi) is 5.01. The molecule has 0 saturated carbocycles. The molecule has 0 unspecified atom stereocenters. The number of nitrogens with zero attached hydrogens (tertiary/aromatic N) is 2. The molecule has 1 N–H and O–H groups in total. The summed E-state index contributed by atoms with van der Waals surface area (Å²) in [7, 11) is 0. The number of hydrogen-bond acceptors (Lipinski definition) is 4. The van der Waals surface area contributed by atoms with E-state index in [1.807, 2.05) is 49.4 Å². The van der Waals surface area contributed by atoms with Crippen LogP contribution in [0, 0.1) is 0 Å². The molecule has 0 fully saturated rings. The van der Waals surface area contributed by atoms with E-state index in [4.69, 9.17) is 0 Å². The molecule has 0 saturated heterocycles. The maximum Gasteiger partial charge on any atom is 0.159 e. The van der Waals surface area contributed by atoms with Crippen LogP contribution in [0.5, 0.6) is 0 Å². The summed E-state index contributed by atoms with van der Waals surface area (Å²) in [6, 6.07) is 13.7. The van der Waals surface area contributed by atoms with Gasteiger partial charge in [0.15, 0.2) is 5.78 Å². The van der Waals surface area contributed by atoms with Crippen LogP contribution in [-0.2, 0) is 11.2 Å². The fourth-order valence-corrected chi connectivity index (χ4v) is 2.86. The van der Waals surface area contributed by atoms with Crippen molar-refractivity contribution in [3.63, 3.8) is 0 Å².